The summed E-state index contributed by atoms with van der Waals surface area (Å²) in [6, 6.07) is 16.1. The molecule has 0 aliphatic carbocycles. The smallest absolute Gasteiger partial charge is 0.274 e. The SMILES string of the molecule is O=C(c1cc2c(Br)cc(Br)cn2n1)N1CCc2ccc(-c3ccccn3)cc2C1. The first-order valence-corrected chi connectivity index (χ1v) is 10.8. The van der Waals surface area contributed by atoms with Gasteiger partial charge in [0.25, 0.3) is 5.91 Å². The monoisotopic (exact) mass is 510 g/mol. The van der Waals surface area contributed by atoms with Crippen molar-refractivity contribution in [1.82, 2.24) is 19.5 Å². The third-order valence-electron chi connectivity index (χ3n) is 5.18. The molecule has 0 unspecified atom stereocenters. The van der Waals surface area contributed by atoms with Crippen molar-refractivity contribution in [3.8, 4) is 11.3 Å². The second kappa shape index (κ2) is 7.39. The zero-order chi connectivity index (χ0) is 20.0. The molecule has 0 fully saturated rings. The van der Waals surface area contributed by atoms with Crippen molar-refractivity contribution < 1.29 is 4.79 Å². The molecule has 0 atom stereocenters. The lowest BCUT2D eigenvalue weighted by atomic mass is 9.96. The van der Waals surface area contributed by atoms with Crippen molar-refractivity contribution in [3.05, 3.63) is 86.7 Å². The minimum Gasteiger partial charge on any atom is -0.333 e. The molecule has 1 aromatic carbocycles. The quantitative estimate of drug-likeness (QED) is 0.375. The van der Waals surface area contributed by atoms with Crippen LogP contribution in [0.3, 0.4) is 0 Å². The molecule has 144 valence electrons. The number of amides is 1. The van der Waals surface area contributed by atoms with E-state index in [0.717, 1.165) is 32.1 Å². The highest BCUT2D eigenvalue weighted by atomic mass is 79.9. The lowest BCUT2D eigenvalue weighted by Gasteiger charge is -2.28. The molecule has 3 aromatic heterocycles. The Morgan fingerprint density at radius 2 is 1.93 bits per heavy atom. The average molecular weight is 512 g/mol. The number of carbonyl (C=O) groups excluding carboxylic acids is 1. The van der Waals surface area contributed by atoms with Gasteiger partial charge in [-0.3, -0.25) is 9.78 Å². The molecule has 1 aliphatic heterocycles. The molecule has 0 bridgehead atoms. The summed E-state index contributed by atoms with van der Waals surface area (Å²) in [6.45, 7) is 1.26. The second-order valence-electron chi connectivity index (χ2n) is 7.04. The fourth-order valence-electron chi connectivity index (χ4n) is 3.71. The van der Waals surface area contributed by atoms with Gasteiger partial charge in [-0.1, -0.05) is 18.2 Å². The number of fused-ring (bicyclic) bond motifs is 2. The number of nitrogens with zero attached hydrogens (tertiary/aromatic N) is 4. The fraction of sp³-hybridized carbons (Fsp3) is 0.136. The molecule has 4 aromatic rings. The predicted octanol–water partition coefficient (Wildman–Crippen LogP) is 5.12. The van der Waals surface area contributed by atoms with E-state index in [-0.39, 0.29) is 5.91 Å². The van der Waals surface area contributed by atoms with Gasteiger partial charge in [0.2, 0.25) is 0 Å². The summed E-state index contributed by atoms with van der Waals surface area (Å²) in [5, 5.41) is 4.49. The Balaban J connectivity index is 1.44. The first-order valence-electron chi connectivity index (χ1n) is 9.25. The van der Waals surface area contributed by atoms with Gasteiger partial charge in [0.05, 0.1) is 11.2 Å². The second-order valence-corrected chi connectivity index (χ2v) is 8.81. The van der Waals surface area contributed by atoms with Crippen molar-refractivity contribution in [2.24, 2.45) is 0 Å². The number of aromatic nitrogens is 3. The molecule has 4 heterocycles. The fourth-order valence-corrected chi connectivity index (χ4v) is 4.98. The van der Waals surface area contributed by atoms with Crippen molar-refractivity contribution in [3.63, 3.8) is 0 Å². The number of carbonyl (C=O) groups is 1. The Labute approximate surface area is 184 Å². The number of rotatable bonds is 2. The number of hydrogen-bond acceptors (Lipinski definition) is 3. The maximum atomic E-state index is 13.1. The summed E-state index contributed by atoms with van der Waals surface area (Å²) in [6.07, 6.45) is 4.48. The van der Waals surface area contributed by atoms with E-state index in [1.54, 1.807) is 10.7 Å². The van der Waals surface area contributed by atoms with E-state index in [9.17, 15) is 4.79 Å². The number of pyridine rings is 2. The van der Waals surface area contributed by atoms with Gasteiger partial charge < -0.3 is 4.90 Å². The molecule has 29 heavy (non-hydrogen) atoms. The Morgan fingerprint density at radius 3 is 2.76 bits per heavy atom. The molecule has 0 saturated heterocycles. The maximum absolute atomic E-state index is 13.1. The van der Waals surface area contributed by atoms with Crippen LogP contribution in [-0.2, 0) is 13.0 Å². The highest BCUT2D eigenvalue weighted by Gasteiger charge is 2.24. The van der Waals surface area contributed by atoms with Crippen molar-refractivity contribution in [1.29, 1.82) is 0 Å². The van der Waals surface area contributed by atoms with Crippen molar-refractivity contribution in [2.45, 2.75) is 13.0 Å². The van der Waals surface area contributed by atoms with Crippen LogP contribution < -0.4 is 0 Å². The molecular formula is C22H16Br2N4O. The van der Waals surface area contributed by atoms with Gasteiger partial charge in [-0.15, -0.1) is 0 Å². The molecule has 0 radical (unpaired) electrons. The van der Waals surface area contributed by atoms with Crippen LogP contribution in [0.2, 0.25) is 0 Å². The van der Waals surface area contributed by atoms with E-state index < -0.39 is 0 Å². The maximum Gasteiger partial charge on any atom is 0.274 e. The largest absolute Gasteiger partial charge is 0.333 e. The Hall–Kier alpha value is -2.51. The van der Waals surface area contributed by atoms with E-state index >= 15 is 0 Å². The van der Waals surface area contributed by atoms with Gasteiger partial charge >= 0.3 is 0 Å². The Kier molecular flexibility index (Phi) is 4.72. The third-order valence-corrected chi connectivity index (χ3v) is 6.24. The average Bonchev–Trinajstić information content (AvgIpc) is 3.17. The lowest BCUT2D eigenvalue weighted by Crippen LogP contribution is -2.36. The van der Waals surface area contributed by atoms with E-state index in [1.165, 1.54) is 11.1 Å². The zero-order valence-corrected chi connectivity index (χ0v) is 18.5. The Morgan fingerprint density at radius 1 is 1.03 bits per heavy atom. The number of hydrogen-bond donors (Lipinski definition) is 0. The minimum absolute atomic E-state index is 0.0504. The molecular weight excluding hydrogens is 496 g/mol. The summed E-state index contributed by atoms with van der Waals surface area (Å²) in [5.74, 6) is -0.0504. The van der Waals surface area contributed by atoms with E-state index in [2.05, 4.69) is 60.1 Å². The van der Waals surface area contributed by atoms with Crippen LogP contribution in [0.4, 0.5) is 0 Å². The highest BCUT2D eigenvalue weighted by molar-refractivity contribution is 9.11. The van der Waals surface area contributed by atoms with E-state index in [1.807, 2.05) is 41.4 Å². The summed E-state index contributed by atoms with van der Waals surface area (Å²) in [7, 11) is 0. The van der Waals surface area contributed by atoms with Crippen LogP contribution in [-0.4, -0.2) is 31.9 Å². The molecule has 5 rings (SSSR count). The molecule has 1 aliphatic rings. The van der Waals surface area contributed by atoms with E-state index in [0.29, 0.717) is 18.8 Å². The summed E-state index contributed by atoms with van der Waals surface area (Å²) in [4.78, 5) is 19.4. The molecule has 1 amide bonds. The van der Waals surface area contributed by atoms with Gasteiger partial charge in [0, 0.05) is 40.0 Å². The summed E-state index contributed by atoms with van der Waals surface area (Å²) < 4.78 is 3.51. The van der Waals surface area contributed by atoms with Crippen LogP contribution in [0.1, 0.15) is 21.6 Å². The number of benzene rings is 1. The minimum atomic E-state index is -0.0504. The first kappa shape index (κ1) is 18.5. The molecule has 0 spiro atoms. The van der Waals surface area contributed by atoms with E-state index in [4.69, 9.17) is 0 Å². The topological polar surface area (TPSA) is 50.5 Å². The highest BCUT2D eigenvalue weighted by Crippen LogP contribution is 2.27. The Bertz CT molecular complexity index is 1240. The van der Waals surface area contributed by atoms with Crippen LogP contribution in [0.25, 0.3) is 16.8 Å². The normalized spacial score (nSPS) is 13.5. The van der Waals surface area contributed by atoms with Crippen LogP contribution in [0.15, 0.2) is 69.9 Å². The molecule has 7 heteroatoms. The van der Waals surface area contributed by atoms with Gasteiger partial charge in [0.1, 0.15) is 0 Å². The van der Waals surface area contributed by atoms with Gasteiger partial charge in [-0.05, 0) is 79.7 Å². The van der Waals surface area contributed by atoms with Crippen LogP contribution in [0.5, 0.6) is 0 Å². The summed E-state index contributed by atoms with van der Waals surface area (Å²) >= 11 is 6.99. The van der Waals surface area contributed by atoms with Crippen molar-refractivity contribution in [2.75, 3.05) is 6.54 Å². The molecule has 0 saturated carbocycles. The standard InChI is InChI=1S/C22H16Br2N4O/c23-17-10-18(24)21-11-20(26-28(21)13-17)22(29)27-8-6-14-4-5-15(9-16(14)12-27)19-3-1-2-7-25-19/h1-5,7,9-11,13H,6,8,12H2. The molecule has 0 N–H and O–H groups in total. The predicted molar refractivity (Wildman–Crippen MR) is 119 cm³/mol. The summed E-state index contributed by atoms with van der Waals surface area (Å²) in [5.41, 5.74) is 5.78. The van der Waals surface area contributed by atoms with Crippen LogP contribution >= 0.6 is 31.9 Å². The lowest BCUT2D eigenvalue weighted by molar-refractivity contribution is 0.0728. The van der Waals surface area contributed by atoms with Crippen LogP contribution in [0, 0.1) is 0 Å². The number of halogens is 2. The first-order chi connectivity index (χ1) is 14.1. The van der Waals surface area contributed by atoms with Crippen molar-refractivity contribution >= 4 is 43.3 Å². The van der Waals surface area contributed by atoms with Gasteiger partial charge in [0.15, 0.2) is 5.69 Å². The third kappa shape index (κ3) is 3.49. The van der Waals surface area contributed by atoms with Gasteiger partial charge in [-0.25, -0.2) is 4.52 Å². The molecule has 5 nitrogen and oxygen atoms in total. The van der Waals surface area contributed by atoms with Gasteiger partial charge in [-0.2, -0.15) is 5.10 Å². The zero-order valence-electron chi connectivity index (χ0n) is 15.3.